The quantitative estimate of drug-likeness (QED) is 0.789. The van der Waals surface area contributed by atoms with Gasteiger partial charge < -0.3 is 15.4 Å². The van der Waals surface area contributed by atoms with Crippen molar-refractivity contribution in [1.82, 2.24) is 0 Å². The number of nitrogen functional groups attached to an aromatic ring is 1. The zero-order valence-electron chi connectivity index (χ0n) is 10.9. The topological polar surface area (TPSA) is 98.7 Å². The molecule has 1 heterocycles. The van der Waals surface area contributed by atoms with Gasteiger partial charge in [0.25, 0.3) is 0 Å². The molecule has 1 aromatic rings. The van der Waals surface area contributed by atoms with Gasteiger partial charge in [-0.15, -0.1) is 0 Å². The normalized spacial score (nSPS) is 20.5. The molecule has 1 fully saturated rings. The number of nitrogens with two attached hydrogens (primary N) is 2. The third kappa shape index (κ3) is 3.17. The molecule has 1 atom stereocenters. The largest absolute Gasteiger partial charge is 0.397 e. The van der Waals surface area contributed by atoms with E-state index in [4.69, 9.17) is 15.6 Å². The number of rotatable bonds is 3. The fraction of sp³-hybridized carbons (Fsp3) is 0.500. The molecule has 7 heteroatoms. The molecule has 0 spiro atoms. The number of hydrogen-bond donors (Lipinski definition) is 2. The van der Waals surface area contributed by atoms with E-state index < -0.39 is 10.0 Å². The minimum absolute atomic E-state index is 0.0799. The molecule has 1 aliphatic rings. The standard InChI is InChI=1S/C12H19N3O3S/c1-2-9-8-15(5-6-18-9)12-7-10(19(14,16)17)3-4-11(12)13/h3-4,7,9H,2,5-6,8,13H2,1H3,(H2,14,16,17). The summed E-state index contributed by atoms with van der Waals surface area (Å²) in [5.74, 6) is 0. The highest BCUT2D eigenvalue weighted by atomic mass is 32.2. The highest BCUT2D eigenvalue weighted by Gasteiger charge is 2.22. The first-order valence-corrected chi connectivity index (χ1v) is 7.75. The van der Waals surface area contributed by atoms with Crippen molar-refractivity contribution in [1.29, 1.82) is 0 Å². The van der Waals surface area contributed by atoms with Crippen LogP contribution in [0.4, 0.5) is 11.4 Å². The van der Waals surface area contributed by atoms with Crippen molar-refractivity contribution < 1.29 is 13.2 Å². The Hall–Kier alpha value is -1.31. The van der Waals surface area contributed by atoms with Gasteiger partial charge in [0.1, 0.15) is 0 Å². The highest BCUT2D eigenvalue weighted by molar-refractivity contribution is 7.89. The molecule has 1 saturated heterocycles. The Labute approximate surface area is 113 Å². The smallest absolute Gasteiger partial charge is 0.238 e. The fourth-order valence-electron chi connectivity index (χ4n) is 2.16. The third-order valence-corrected chi connectivity index (χ3v) is 4.18. The monoisotopic (exact) mass is 285 g/mol. The van der Waals surface area contributed by atoms with Crippen LogP contribution >= 0.6 is 0 Å². The number of hydrogen-bond acceptors (Lipinski definition) is 5. The van der Waals surface area contributed by atoms with Gasteiger partial charge in [0.05, 0.1) is 29.0 Å². The van der Waals surface area contributed by atoms with Crippen LogP contribution < -0.4 is 15.8 Å². The summed E-state index contributed by atoms with van der Waals surface area (Å²) in [5, 5.41) is 5.15. The minimum atomic E-state index is -3.71. The molecule has 6 nitrogen and oxygen atoms in total. The number of morpholine rings is 1. The summed E-state index contributed by atoms with van der Waals surface area (Å²) in [7, 11) is -3.71. The van der Waals surface area contributed by atoms with E-state index >= 15 is 0 Å². The van der Waals surface area contributed by atoms with Crippen LogP contribution in [-0.2, 0) is 14.8 Å². The molecule has 1 aromatic carbocycles. The van der Waals surface area contributed by atoms with E-state index in [0.717, 1.165) is 6.42 Å². The van der Waals surface area contributed by atoms with E-state index in [2.05, 4.69) is 6.92 Å². The Morgan fingerprint density at radius 2 is 2.21 bits per heavy atom. The summed E-state index contributed by atoms with van der Waals surface area (Å²) >= 11 is 0. The molecule has 1 unspecified atom stereocenters. The van der Waals surface area contributed by atoms with Crippen molar-refractivity contribution in [2.45, 2.75) is 24.3 Å². The molecule has 4 N–H and O–H groups in total. The molecular formula is C12H19N3O3S. The van der Waals surface area contributed by atoms with Gasteiger partial charge in [-0.1, -0.05) is 6.92 Å². The first-order chi connectivity index (χ1) is 8.91. The lowest BCUT2D eigenvalue weighted by molar-refractivity contribution is 0.0385. The van der Waals surface area contributed by atoms with Gasteiger partial charge in [0.2, 0.25) is 10.0 Å². The van der Waals surface area contributed by atoms with Gasteiger partial charge in [-0.2, -0.15) is 0 Å². The molecular weight excluding hydrogens is 266 g/mol. The molecule has 0 radical (unpaired) electrons. The summed E-state index contributed by atoms with van der Waals surface area (Å²) in [4.78, 5) is 2.12. The lowest BCUT2D eigenvalue weighted by atomic mass is 10.2. The summed E-state index contributed by atoms with van der Waals surface area (Å²) in [5.41, 5.74) is 7.18. The maximum Gasteiger partial charge on any atom is 0.238 e. The molecule has 0 aromatic heterocycles. The molecule has 2 rings (SSSR count). The van der Waals surface area contributed by atoms with Crippen LogP contribution in [-0.4, -0.2) is 34.2 Å². The molecule has 0 bridgehead atoms. The second-order valence-corrected chi connectivity index (χ2v) is 6.17. The van der Waals surface area contributed by atoms with Crippen molar-refractivity contribution in [2.75, 3.05) is 30.3 Å². The highest BCUT2D eigenvalue weighted by Crippen LogP contribution is 2.28. The van der Waals surface area contributed by atoms with Gasteiger partial charge in [-0.25, -0.2) is 13.6 Å². The zero-order chi connectivity index (χ0) is 14.0. The SMILES string of the molecule is CCC1CN(c2cc(S(N)(=O)=O)ccc2N)CCO1. The van der Waals surface area contributed by atoms with Crippen LogP contribution in [0.15, 0.2) is 23.1 Å². The maximum atomic E-state index is 11.4. The summed E-state index contributed by atoms with van der Waals surface area (Å²) in [6.45, 7) is 4.05. The number of sulfonamides is 1. The van der Waals surface area contributed by atoms with Gasteiger partial charge in [-0.3, -0.25) is 0 Å². The minimum Gasteiger partial charge on any atom is -0.397 e. The van der Waals surface area contributed by atoms with Crippen LogP contribution in [0.2, 0.25) is 0 Å². The average molecular weight is 285 g/mol. The fourth-order valence-corrected chi connectivity index (χ4v) is 2.69. The Morgan fingerprint density at radius 1 is 1.47 bits per heavy atom. The Bertz CT molecular complexity index is 559. The van der Waals surface area contributed by atoms with Gasteiger partial charge in [0.15, 0.2) is 0 Å². The number of benzene rings is 1. The molecule has 19 heavy (non-hydrogen) atoms. The van der Waals surface area contributed by atoms with Gasteiger partial charge in [-0.05, 0) is 24.6 Å². The van der Waals surface area contributed by atoms with E-state index in [1.165, 1.54) is 12.1 Å². The van der Waals surface area contributed by atoms with E-state index in [9.17, 15) is 8.42 Å². The van der Waals surface area contributed by atoms with Crippen molar-refractivity contribution in [3.05, 3.63) is 18.2 Å². The van der Waals surface area contributed by atoms with Crippen LogP contribution in [0, 0.1) is 0 Å². The lowest BCUT2D eigenvalue weighted by Gasteiger charge is -2.34. The van der Waals surface area contributed by atoms with Crippen LogP contribution in [0.1, 0.15) is 13.3 Å². The van der Waals surface area contributed by atoms with Crippen molar-refractivity contribution in [2.24, 2.45) is 5.14 Å². The molecule has 1 aliphatic heterocycles. The Balaban J connectivity index is 2.33. The van der Waals surface area contributed by atoms with E-state index in [-0.39, 0.29) is 11.0 Å². The van der Waals surface area contributed by atoms with Crippen LogP contribution in [0.3, 0.4) is 0 Å². The van der Waals surface area contributed by atoms with Crippen LogP contribution in [0.5, 0.6) is 0 Å². The molecule has 0 aliphatic carbocycles. The van der Waals surface area contributed by atoms with E-state index in [1.807, 2.05) is 4.90 Å². The average Bonchev–Trinajstić information content (AvgIpc) is 2.38. The summed E-state index contributed by atoms with van der Waals surface area (Å²) in [6, 6.07) is 4.53. The van der Waals surface area contributed by atoms with E-state index in [1.54, 1.807) is 6.07 Å². The summed E-state index contributed by atoms with van der Waals surface area (Å²) < 4.78 is 28.4. The van der Waals surface area contributed by atoms with Gasteiger partial charge >= 0.3 is 0 Å². The van der Waals surface area contributed by atoms with Crippen molar-refractivity contribution in [3.63, 3.8) is 0 Å². The number of ether oxygens (including phenoxy) is 1. The molecule has 0 amide bonds. The zero-order valence-corrected chi connectivity index (χ0v) is 11.7. The Morgan fingerprint density at radius 3 is 2.84 bits per heavy atom. The predicted octanol–water partition coefficient (Wildman–Crippen LogP) is 0.531. The second-order valence-electron chi connectivity index (χ2n) is 4.61. The number of anilines is 2. The first-order valence-electron chi connectivity index (χ1n) is 6.20. The maximum absolute atomic E-state index is 11.4. The molecule has 106 valence electrons. The van der Waals surface area contributed by atoms with Crippen LogP contribution in [0.25, 0.3) is 0 Å². The Kier molecular flexibility index (Phi) is 3.98. The first kappa shape index (κ1) is 14.1. The number of primary sulfonamides is 1. The van der Waals surface area contributed by atoms with Crippen molar-refractivity contribution in [3.8, 4) is 0 Å². The van der Waals surface area contributed by atoms with Gasteiger partial charge in [0, 0.05) is 13.1 Å². The van der Waals surface area contributed by atoms with E-state index in [0.29, 0.717) is 31.1 Å². The number of nitrogens with zero attached hydrogens (tertiary/aromatic N) is 1. The predicted molar refractivity (Wildman–Crippen MR) is 74.5 cm³/mol. The second kappa shape index (κ2) is 5.36. The third-order valence-electron chi connectivity index (χ3n) is 3.27. The molecule has 0 saturated carbocycles. The van der Waals surface area contributed by atoms with Crippen molar-refractivity contribution >= 4 is 21.4 Å². The summed E-state index contributed by atoms with van der Waals surface area (Å²) in [6.07, 6.45) is 1.05. The lowest BCUT2D eigenvalue weighted by Crippen LogP contribution is -2.42.